The highest BCUT2D eigenvalue weighted by molar-refractivity contribution is 7.89. The summed E-state index contributed by atoms with van der Waals surface area (Å²) in [5.41, 5.74) is 1.80. The van der Waals surface area contributed by atoms with E-state index in [4.69, 9.17) is 0 Å². The molecular weight excluding hydrogens is 272 g/mol. The maximum Gasteiger partial charge on any atom is 0.243 e. The van der Waals surface area contributed by atoms with Gasteiger partial charge in [0.15, 0.2) is 0 Å². The van der Waals surface area contributed by atoms with Crippen LogP contribution >= 0.6 is 0 Å². The Labute approximate surface area is 122 Å². The minimum absolute atomic E-state index is 0.432. The van der Waals surface area contributed by atoms with Crippen LogP contribution in [0.2, 0.25) is 0 Å². The van der Waals surface area contributed by atoms with E-state index in [1.54, 1.807) is 13.1 Å². The first kappa shape index (κ1) is 15.5. The van der Waals surface area contributed by atoms with E-state index in [-0.39, 0.29) is 0 Å². The molecule has 20 heavy (non-hydrogen) atoms. The summed E-state index contributed by atoms with van der Waals surface area (Å²) in [4.78, 5) is 0.432. The molecule has 2 unspecified atom stereocenters. The Kier molecular flexibility index (Phi) is 4.52. The Morgan fingerprint density at radius 3 is 2.60 bits per heavy atom. The number of hydrogen-bond acceptors (Lipinski definition) is 3. The van der Waals surface area contributed by atoms with Gasteiger partial charge in [-0.2, -0.15) is 0 Å². The van der Waals surface area contributed by atoms with Gasteiger partial charge in [0.2, 0.25) is 10.0 Å². The minimum Gasteiger partial charge on any atom is -0.316 e. The standard InChI is InChI=1S/C15H24N2O2S/c1-11-5-6-13(9-16-3)8-15(11)20(18,19)17(4)10-14-7-12(14)2/h5-6,8,12,14,16H,7,9-10H2,1-4H3. The third kappa shape index (κ3) is 3.22. The predicted molar refractivity (Wildman–Crippen MR) is 81.0 cm³/mol. The van der Waals surface area contributed by atoms with Gasteiger partial charge in [-0.3, -0.25) is 0 Å². The highest BCUT2D eigenvalue weighted by Gasteiger charge is 2.36. The first-order valence-electron chi connectivity index (χ1n) is 7.06. The summed E-state index contributed by atoms with van der Waals surface area (Å²) in [6.07, 6.45) is 1.14. The van der Waals surface area contributed by atoms with Crippen LogP contribution in [0.25, 0.3) is 0 Å². The van der Waals surface area contributed by atoms with Crippen molar-refractivity contribution in [1.29, 1.82) is 0 Å². The van der Waals surface area contributed by atoms with Crippen molar-refractivity contribution in [3.8, 4) is 0 Å². The molecule has 1 aromatic carbocycles. The van der Waals surface area contributed by atoms with Crippen LogP contribution in [-0.4, -0.2) is 33.4 Å². The van der Waals surface area contributed by atoms with Crippen molar-refractivity contribution >= 4 is 10.0 Å². The lowest BCUT2D eigenvalue weighted by Crippen LogP contribution is -2.30. The number of sulfonamides is 1. The second kappa shape index (κ2) is 5.84. The van der Waals surface area contributed by atoms with E-state index in [1.165, 1.54) is 4.31 Å². The lowest BCUT2D eigenvalue weighted by Gasteiger charge is -2.19. The number of nitrogens with one attached hydrogen (secondary N) is 1. The van der Waals surface area contributed by atoms with Gasteiger partial charge in [0.05, 0.1) is 4.90 Å². The lowest BCUT2D eigenvalue weighted by atomic mass is 10.1. The molecule has 5 heteroatoms. The van der Waals surface area contributed by atoms with Gasteiger partial charge in [-0.1, -0.05) is 19.1 Å². The summed E-state index contributed by atoms with van der Waals surface area (Å²) in [5, 5.41) is 3.05. The fourth-order valence-corrected chi connectivity index (χ4v) is 3.98. The molecule has 2 rings (SSSR count). The normalized spacial score (nSPS) is 22.2. The highest BCUT2D eigenvalue weighted by Crippen LogP contribution is 2.38. The number of rotatable bonds is 6. The lowest BCUT2D eigenvalue weighted by molar-refractivity contribution is 0.444. The molecule has 2 atom stereocenters. The van der Waals surface area contributed by atoms with Crippen molar-refractivity contribution in [3.63, 3.8) is 0 Å². The van der Waals surface area contributed by atoms with Crippen LogP contribution in [0.5, 0.6) is 0 Å². The maximum absolute atomic E-state index is 12.7. The fraction of sp³-hybridized carbons (Fsp3) is 0.600. The van der Waals surface area contributed by atoms with Crippen molar-refractivity contribution in [2.75, 3.05) is 20.6 Å². The van der Waals surface area contributed by atoms with Crippen LogP contribution < -0.4 is 5.32 Å². The first-order chi connectivity index (χ1) is 9.36. The number of benzene rings is 1. The second-order valence-electron chi connectivity index (χ2n) is 5.89. The monoisotopic (exact) mass is 296 g/mol. The fourth-order valence-electron chi connectivity index (χ4n) is 2.49. The summed E-state index contributed by atoms with van der Waals surface area (Å²) in [6, 6.07) is 5.63. The Balaban J connectivity index is 2.25. The maximum atomic E-state index is 12.7. The van der Waals surface area contributed by atoms with Crippen LogP contribution in [-0.2, 0) is 16.6 Å². The van der Waals surface area contributed by atoms with Crippen LogP contribution in [0.3, 0.4) is 0 Å². The molecular formula is C15H24N2O2S. The zero-order chi connectivity index (χ0) is 14.9. The van der Waals surface area contributed by atoms with Gasteiger partial charge in [-0.05, 0) is 49.4 Å². The summed E-state index contributed by atoms with van der Waals surface area (Å²) in [6.45, 7) is 5.32. The van der Waals surface area contributed by atoms with Gasteiger partial charge in [-0.15, -0.1) is 0 Å². The van der Waals surface area contributed by atoms with Gasteiger partial charge in [0, 0.05) is 20.1 Å². The molecule has 1 saturated carbocycles. The van der Waals surface area contributed by atoms with Crippen molar-refractivity contribution in [2.24, 2.45) is 11.8 Å². The molecule has 0 heterocycles. The molecule has 0 radical (unpaired) electrons. The third-order valence-corrected chi connectivity index (χ3v) is 6.05. The van der Waals surface area contributed by atoms with Crippen LogP contribution in [0.4, 0.5) is 0 Å². The summed E-state index contributed by atoms with van der Waals surface area (Å²) in [7, 11) is 0.157. The van der Waals surface area contributed by atoms with E-state index in [0.717, 1.165) is 17.5 Å². The zero-order valence-corrected chi connectivity index (χ0v) is 13.5. The predicted octanol–water partition coefficient (Wildman–Crippen LogP) is 1.99. The number of aryl methyl sites for hydroxylation is 1. The Morgan fingerprint density at radius 2 is 2.05 bits per heavy atom. The molecule has 0 spiro atoms. The van der Waals surface area contributed by atoms with Crippen molar-refractivity contribution in [2.45, 2.75) is 31.7 Å². The van der Waals surface area contributed by atoms with Gasteiger partial charge < -0.3 is 5.32 Å². The minimum atomic E-state index is -3.38. The molecule has 0 saturated heterocycles. The van der Waals surface area contributed by atoms with Crippen LogP contribution in [0.1, 0.15) is 24.5 Å². The molecule has 1 fully saturated rings. The van der Waals surface area contributed by atoms with Crippen molar-refractivity contribution < 1.29 is 8.42 Å². The summed E-state index contributed by atoms with van der Waals surface area (Å²) < 4.78 is 26.9. The summed E-state index contributed by atoms with van der Waals surface area (Å²) in [5.74, 6) is 1.18. The second-order valence-corrected chi connectivity index (χ2v) is 7.90. The van der Waals surface area contributed by atoms with Gasteiger partial charge in [0.25, 0.3) is 0 Å². The SMILES string of the molecule is CNCc1ccc(C)c(S(=O)(=O)N(C)CC2CC2C)c1. The molecule has 0 aromatic heterocycles. The molecule has 112 valence electrons. The molecule has 0 bridgehead atoms. The molecule has 1 N–H and O–H groups in total. The zero-order valence-electron chi connectivity index (χ0n) is 12.7. The van der Waals surface area contributed by atoms with E-state index in [0.29, 0.717) is 29.8 Å². The van der Waals surface area contributed by atoms with E-state index in [9.17, 15) is 8.42 Å². The molecule has 0 aliphatic heterocycles. The van der Waals surface area contributed by atoms with E-state index in [2.05, 4.69) is 12.2 Å². The highest BCUT2D eigenvalue weighted by atomic mass is 32.2. The molecule has 1 aliphatic rings. The number of hydrogen-bond donors (Lipinski definition) is 1. The molecule has 1 aliphatic carbocycles. The molecule has 0 amide bonds. The first-order valence-corrected chi connectivity index (χ1v) is 8.50. The van der Waals surface area contributed by atoms with Crippen molar-refractivity contribution in [3.05, 3.63) is 29.3 Å². The van der Waals surface area contributed by atoms with E-state index in [1.807, 2.05) is 26.1 Å². The summed E-state index contributed by atoms with van der Waals surface area (Å²) >= 11 is 0. The molecule has 4 nitrogen and oxygen atoms in total. The quantitative estimate of drug-likeness (QED) is 0.873. The topological polar surface area (TPSA) is 49.4 Å². The van der Waals surface area contributed by atoms with Gasteiger partial charge >= 0.3 is 0 Å². The average molecular weight is 296 g/mol. The van der Waals surface area contributed by atoms with E-state index < -0.39 is 10.0 Å². The van der Waals surface area contributed by atoms with Crippen LogP contribution in [0.15, 0.2) is 23.1 Å². The van der Waals surface area contributed by atoms with Crippen LogP contribution in [0, 0.1) is 18.8 Å². The average Bonchev–Trinajstić information content (AvgIpc) is 3.07. The largest absolute Gasteiger partial charge is 0.316 e. The Hall–Kier alpha value is -0.910. The van der Waals surface area contributed by atoms with Crippen molar-refractivity contribution in [1.82, 2.24) is 9.62 Å². The number of nitrogens with zero attached hydrogens (tertiary/aromatic N) is 1. The van der Waals surface area contributed by atoms with E-state index >= 15 is 0 Å². The molecule has 1 aromatic rings. The third-order valence-electron chi connectivity index (χ3n) is 4.09. The smallest absolute Gasteiger partial charge is 0.243 e. The van der Waals surface area contributed by atoms with Gasteiger partial charge in [0.1, 0.15) is 0 Å². The van der Waals surface area contributed by atoms with Gasteiger partial charge in [-0.25, -0.2) is 12.7 Å². The Morgan fingerprint density at radius 1 is 1.40 bits per heavy atom. The Bertz CT molecular complexity index is 584.